The summed E-state index contributed by atoms with van der Waals surface area (Å²) in [7, 11) is 0. The molecule has 1 atom stereocenters. The van der Waals surface area contributed by atoms with Crippen LogP contribution in [0.3, 0.4) is 0 Å². The first-order valence-corrected chi connectivity index (χ1v) is 6.73. The predicted molar refractivity (Wildman–Crippen MR) is 73.4 cm³/mol. The maximum absolute atomic E-state index is 11.7. The first-order chi connectivity index (χ1) is 8.62. The van der Waals surface area contributed by atoms with E-state index in [4.69, 9.17) is 15.2 Å². The maximum atomic E-state index is 11.7. The minimum atomic E-state index is -0.587. The molecule has 100 valence electrons. The molecule has 18 heavy (non-hydrogen) atoms. The summed E-state index contributed by atoms with van der Waals surface area (Å²) in [5, 5.41) is 0. The lowest BCUT2D eigenvalue weighted by Gasteiger charge is -2.18. The van der Waals surface area contributed by atoms with Gasteiger partial charge >= 0.3 is 5.97 Å². The normalized spacial score (nSPS) is 12.0. The van der Waals surface area contributed by atoms with Crippen LogP contribution < -0.4 is 10.5 Å². The number of hydrogen-bond acceptors (Lipinski definition) is 4. The van der Waals surface area contributed by atoms with Gasteiger partial charge in [-0.15, -0.1) is 0 Å². The molecular weight excluding hydrogens is 298 g/mol. The number of carbonyl (C=O) groups excluding carboxylic acids is 1. The third-order valence-corrected chi connectivity index (χ3v) is 2.93. The van der Waals surface area contributed by atoms with Gasteiger partial charge in [0, 0.05) is 16.6 Å². The number of halogens is 1. The van der Waals surface area contributed by atoms with Crippen molar-refractivity contribution in [3.05, 3.63) is 28.2 Å². The SMILES string of the molecule is CCOC(=O)C(CC)Oc1ccc(Br)cc1CN. The molecule has 1 rings (SSSR count). The summed E-state index contributed by atoms with van der Waals surface area (Å²) in [6.45, 7) is 4.36. The Morgan fingerprint density at radius 3 is 2.72 bits per heavy atom. The van der Waals surface area contributed by atoms with Gasteiger partial charge in [-0.2, -0.15) is 0 Å². The van der Waals surface area contributed by atoms with Gasteiger partial charge in [-0.1, -0.05) is 22.9 Å². The van der Waals surface area contributed by atoms with Crippen LogP contribution in [0.15, 0.2) is 22.7 Å². The Bertz CT molecular complexity index is 409. The highest BCUT2D eigenvalue weighted by Gasteiger charge is 2.20. The number of nitrogens with two attached hydrogens (primary N) is 1. The molecule has 1 aromatic rings. The lowest BCUT2D eigenvalue weighted by atomic mass is 10.2. The molecule has 1 aromatic carbocycles. The van der Waals surface area contributed by atoms with Crippen molar-refractivity contribution in [3.63, 3.8) is 0 Å². The van der Waals surface area contributed by atoms with Crippen molar-refractivity contribution in [2.75, 3.05) is 6.61 Å². The Balaban J connectivity index is 2.84. The van der Waals surface area contributed by atoms with Crippen LogP contribution in [-0.2, 0) is 16.1 Å². The molecular formula is C13H18BrNO3. The molecule has 0 saturated carbocycles. The minimum absolute atomic E-state index is 0.342. The van der Waals surface area contributed by atoms with Gasteiger partial charge < -0.3 is 15.2 Å². The van der Waals surface area contributed by atoms with Crippen molar-refractivity contribution in [2.45, 2.75) is 32.9 Å². The fourth-order valence-corrected chi connectivity index (χ4v) is 1.92. The number of benzene rings is 1. The third-order valence-electron chi connectivity index (χ3n) is 2.43. The van der Waals surface area contributed by atoms with Gasteiger partial charge in [-0.05, 0) is 31.5 Å². The molecule has 0 aromatic heterocycles. The van der Waals surface area contributed by atoms with Gasteiger partial charge in [-0.25, -0.2) is 4.79 Å². The van der Waals surface area contributed by atoms with Crippen LogP contribution in [0.25, 0.3) is 0 Å². The second-order valence-electron chi connectivity index (χ2n) is 3.72. The predicted octanol–water partition coefficient (Wildman–Crippen LogP) is 2.63. The van der Waals surface area contributed by atoms with E-state index in [1.165, 1.54) is 0 Å². The van der Waals surface area contributed by atoms with E-state index >= 15 is 0 Å². The summed E-state index contributed by atoms with van der Waals surface area (Å²) in [5.41, 5.74) is 6.51. The summed E-state index contributed by atoms with van der Waals surface area (Å²) in [6, 6.07) is 5.54. The first kappa shape index (κ1) is 15.0. The second kappa shape index (κ2) is 7.38. The van der Waals surface area contributed by atoms with E-state index in [1.807, 2.05) is 19.1 Å². The van der Waals surface area contributed by atoms with Crippen molar-refractivity contribution in [3.8, 4) is 5.75 Å². The molecule has 4 nitrogen and oxygen atoms in total. The van der Waals surface area contributed by atoms with Crippen LogP contribution in [0.1, 0.15) is 25.8 Å². The highest BCUT2D eigenvalue weighted by atomic mass is 79.9. The van der Waals surface area contributed by atoms with Gasteiger partial charge in [-0.3, -0.25) is 0 Å². The summed E-state index contributed by atoms with van der Waals surface area (Å²) < 4.78 is 11.6. The van der Waals surface area contributed by atoms with Crippen LogP contribution in [0.5, 0.6) is 5.75 Å². The molecule has 0 fully saturated rings. The average molecular weight is 316 g/mol. The first-order valence-electron chi connectivity index (χ1n) is 5.94. The molecule has 0 saturated heterocycles. The topological polar surface area (TPSA) is 61.5 Å². The molecule has 0 spiro atoms. The third kappa shape index (κ3) is 3.99. The van der Waals surface area contributed by atoms with Crippen molar-refractivity contribution in [1.82, 2.24) is 0 Å². The highest BCUT2D eigenvalue weighted by molar-refractivity contribution is 9.10. The zero-order valence-electron chi connectivity index (χ0n) is 10.6. The molecule has 0 amide bonds. The fraction of sp³-hybridized carbons (Fsp3) is 0.462. The van der Waals surface area contributed by atoms with Crippen molar-refractivity contribution < 1.29 is 14.3 Å². The summed E-state index contributed by atoms with van der Waals surface area (Å²) >= 11 is 3.37. The number of hydrogen-bond donors (Lipinski definition) is 1. The van der Waals surface area contributed by atoms with E-state index < -0.39 is 6.10 Å². The maximum Gasteiger partial charge on any atom is 0.347 e. The monoisotopic (exact) mass is 315 g/mol. The molecule has 0 radical (unpaired) electrons. The molecule has 1 unspecified atom stereocenters. The van der Waals surface area contributed by atoms with E-state index in [0.29, 0.717) is 25.3 Å². The van der Waals surface area contributed by atoms with Gasteiger partial charge in [0.05, 0.1) is 6.61 Å². The largest absolute Gasteiger partial charge is 0.478 e. The molecule has 0 aliphatic carbocycles. The zero-order chi connectivity index (χ0) is 13.5. The number of rotatable bonds is 6. The molecule has 0 aliphatic rings. The van der Waals surface area contributed by atoms with Crippen LogP contribution in [0, 0.1) is 0 Å². The zero-order valence-corrected chi connectivity index (χ0v) is 12.2. The molecule has 2 N–H and O–H groups in total. The van der Waals surface area contributed by atoms with E-state index in [0.717, 1.165) is 10.0 Å². The number of carbonyl (C=O) groups is 1. The lowest BCUT2D eigenvalue weighted by Crippen LogP contribution is -2.29. The average Bonchev–Trinajstić information content (AvgIpc) is 2.37. The molecule has 5 heteroatoms. The van der Waals surface area contributed by atoms with Crippen LogP contribution in [0.2, 0.25) is 0 Å². The van der Waals surface area contributed by atoms with E-state index in [9.17, 15) is 4.79 Å². The van der Waals surface area contributed by atoms with Crippen molar-refractivity contribution in [1.29, 1.82) is 0 Å². The summed E-state index contributed by atoms with van der Waals surface area (Å²) in [6.07, 6.45) is -0.0322. The quantitative estimate of drug-likeness (QED) is 0.820. The Hall–Kier alpha value is -1.07. The van der Waals surface area contributed by atoms with Crippen LogP contribution >= 0.6 is 15.9 Å². The Morgan fingerprint density at radius 2 is 2.17 bits per heavy atom. The summed E-state index contributed by atoms with van der Waals surface area (Å²) in [5.74, 6) is 0.284. The molecule has 0 bridgehead atoms. The standard InChI is InChI=1S/C13H18BrNO3/c1-3-11(13(16)17-4-2)18-12-6-5-10(14)7-9(12)8-15/h5-7,11H,3-4,8,15H2,1-2H3. The van der Waals surface area contributed by atoms with Crippen molar-refractivity contribution in [2.24, 2.45) is 5.73 Å². The Labute approximate surface area is 116 Å². The van der Waals surface area contributed by atoms with E-state index in [1.54, 1.807) is 13.0 Å². The van der Waals surface area contributed by atoms with E-state index in [2.05, 4.69) is 15.9 Å². The van der Waals surface area contributed by atoms with Gasteiger partial charge in [0.25, 0.3) is 0 Å². The Morgan fingerprint density at radius 1 is 1.44 bits per heavy atom. The van der Waals surface area contributed by atoms with Crippen LogP contribution in [0.4, 0.5) is 0 Å². The van der Waals surface area contributed by atoms with E-state index in [-0.39, 0.29) is 5.97 Å². The number of ether oxygens (including phenoxy) is 2. The molecule has 0 aliphatic heterocycles. The van der Waals surface area contributed by atoms with Crippen LogP contribution in [-0.4, -0.2) is 18.7 Å². The number of esters is 1. The highest BCUT2D eigenvalue weighted by Crippen LogP contribution is 2.24. The smallest absolute Gasteiger partial charge is 0.347 e. The second-order valence-corrected chi connectivity index (χ2v) is 4.64. The van der Waals surface area contributed by atoms with Gasteiger partial charge in [0.2, 0.25) is 0 Å². The summed E-state index contributed by atoms with van der Waals surface area (Å²) in [4.78, 5) is 11.7. The minimum Gasteiger partial charge on any atom is -0.478 e. The fourth-order valence-electron chi connectivity index (χ4n) is 1.51. The lowest BCUT2D eigenvalue weighted by molar-refractivity contribution is -0.151. The molecule has 0 heterocycles. The Kier molecular flexibility index (Phi) is 6.15. The van der Waals surface area contributed by atoms with Crippen molar-refractivity contribution >= 4 is 21.9 Å². The van der Waals surface area contributed by atoms with Gasteiger partial charge in [0.1, 0.15) is 5.75 Å². The van der Waals surface area contributed by atoms with Gasteiger partial charge in [0.15, 0.2) is 6.10 Å².